The molecule has 1 aliphatic heterocycles. The predicted octanol–water partition coefficient (Wildman–Crippen LogP) is 1.41. The molecule has 0 aliphatic carbocycles. The van der Waals surface area contributed by atoms with E-state index < -0.39 is 16.5 Å². The van der Waals surface area contributed by atoms with Crippen LogP contribution in [0.25, 0.3) is 0 Å². The molecule has 2 aromatic rings. The van der Waals surface area contributed by atoms with Crippen LogP contribution >= 0.6 is 0 Å². The van der Waals surface area contributed by atoms with Gasteiger partial charge >= 0.3 is 0 Å². The highest BCUT2D eigenvalue weighted by Crippen LogP contribution is 2.34. The average Bonchev–Trinajstić information content (AvgIpc) is 2.73. The molecule has 3 rings (SSSR count). The van der Waals surface area contributed by atoms with Crippen molar-refractivity contribution in [1.29, 1.82) is 0 Å². The first kappa shape index (κ1) is 20.3. The zero-order valence-electron chi connectivity index (χ0n) is 16.4. The number of anilines is 2. The molecule has 29 heavy (non-hydrogen) atoms. The molecule has 1 aromatic heterocycles. The molecule has 2 heterocycles. The van der Waals surface area contributed by atoms with Crippen LogP contribution in [-0.4, -0.2) is 73.1 Å². The van der Waals surface area contributed by atoms with E-state index >= 15 is 0 Å². The van der Waals surface area contributed by atoms with E-state index in [2.05, 4.69) is 32.1 Å². The van der Waals surface area contributed by atoms with Gasteiger partial charge in [-0.25, -0.2) is 9.97 Å². The fraction of sp³-hybridized carbons (Fsp3) is 0.389. The minimum Gasteiger partial charge on any atom is -0.493 e. The lowest BCUT2D eigenvalue weighted by molar-refractivity contribution is -0.385. The Bertz CT molecular complexity index is 914. The van der Waals surface area contributed by atoms with E-state index in [4.69, 9.17) is 9.47 Å². The average molecular weight is 402 g/mol. The summed E-state index contributed by atoms with van der Waals surface area (Å²) < 4.78 is 10.2. The number of carbonyl (C=O) groups excluding carboxylic acids is 1. The summed E-state index contributed by atoms with van der Waals surface area (Å²) in [5.41, 5.74) is -0.555. The molecular formula is C18H22N6O5. The lowest BCUT2D eigenvalue weighted by Gasteiger charge is -2.33. The summed E-state index contributed by atoms with van der Waals surface area (Å²) >= 11 is 0. The Morgan fingerprint density at radius 2 is 1.76 bits per heavy atom. The highest BCUT2D eigenvalue weighted by atomic mass is 16.6. The van der Waals surface area contributed by atoms with Gasteiger partial charge in [0.25, 0.3) is 11.6 Å². The van der Waals surface area contributed by atoms with Gasteiger partial charge in [0.1, 0.15) is 23.5 Å². The van der Waals surface area contributed by atoms with Crippen LogP contribution in [0.2, 0.25) is 0 Å². The number of piperazine rings is 1. The van der Waals surface area contributed by atoms with Crippen molar-refractivity contribution in [3.63, 3.8) is 0 Å². The van der Waals surface area contributed by atoms with Crippen molar-refractivity contribution >= 4 is 23.2 Å². The molecule has 0 saturated carbocycles. The number of carbonyl (C=O) groups is 1. The van der Waals surface area contributed by atoms with Gasteiger partial charge in [0.2, 0.25) is 0 Å². The molecule has 1 aromatic carbocycles. The summed E-state index contributed by atoms with van der Waals surface area (Å²) in [4.78, 5) is 36.2. The lowest BCUT2D eigenvalue weighted by Crippen LogP contribution is -2.44. The Morgan fingerprint density at radius 1 is 1.10 bits per heavy atom. The lowest BCUT2D eigenvalue weighted by atomic mass is 10.1. The number of amides is 1. The quantitative estimate of drug-likeness (QED) is 0.564. The molecule has 1 aliphatic rings. The predicted molar refractivity (Wildman–Crippen MR) is 106 cm³/mol. The largest absolute Gasteiger partial charge is 0.493 e. The van der Waals surface area contributed by atoms with E-state index in [0.717, 1.165) is 32.2 Å². The fourth-order valence-electron chi connectivity index (χ4n) is 3.01. The third kappa shape index (κ3) is 4.51. The highest BCUT2D eigenvalue weighted by Gasteiger charge is 2.25. The van der Waals surface area contributed by atoms with E-state index in [9.17, 15) is 14.9 Å². The monoisotopic (exact) mass is 402 g/mol. The van der Waals surface area contributed by atoms with Crippen LogP contribution in [-0.2, 0) is 0 Å². The second kappa shape index (κ2) is 8.69. The van der Waals surface area contributed by atoms with Crippen molar-refractivity contribution in [2.45, 2.75) is 0 Å². The summed E-state index contributed by atoms with van der Waals surface area (Å²) in [7, 11) is 4.80. The zero-order chi connectivity index (χ0) is 21.0. The zero-order valence-corrected chi connectivity index (χ0v) is 16.4. The third-order valence-electron chi connectivity index (χ3n) is 4.66. The van der Waals surface area contributed by atoms with Gasteiger partial charge < -0.3 is 24.6 Å². The first-order chi connectivity index (χ1) is 13.9. The molecule has 0 atom stereocenters. The Labute approximate surface area is 167 Å². The molecule has 1 saturated heterocycles. The van der Waals surface area contributed by atoms with Gasteiger partial charge in [0, 0.05) is 38.3 Å². The second-order valence-corrected chi connectivity index (χ2v) is 6.49. The number of nitrogens with one attached hydrogen (secondary N) is 1. The van der Waals surface area contributed by atoms with Crippen molar-refractivity contribution in [1.82, 2.24) is 14.9 Å². The molecule has 0 unspecified atom stereocenters. The molecule has 1 N–H and O–H groups in total. The van der Waals surface area contributed by atoms with Gasteiger partial charge in [-0.1, -0.05) is 0 Å². The number of likely N-dealkylation sites (N-methyl/N-ethyl adjacent to an activating group) is 1. The standard InChI is InChI=1S/C18H22N6O5/c1-22-4-6-23(7-5-22)17-10-16(19-11-20-17)21-18(25)12-8-14(28-2)15(29-3)9-13(12)24(26)27/h8-11H,4-7H2,1-3H3,(H,19,20,21,25). The minimum absolute atomic E-state index is 0.160. The number of aromatic nitrogens is 2. The third-order valence-corrected chi connectivity index (χ3v) is 4.66. The number of nitro groups is 1. The van der Waals surface area contributed by atoms with Gasteiger partial charge in [0.05, 0.1) is 25.2 Å². The molecule has 0 radical (unpaired) electrons. The molecule has 11 heteroatoms. The van der Waals surface area contributed by atoms with Crippen molar-refractivity contribution in [2.24, 2.45) is 0 Å². The van der Waals surface area contributed by atoms with Crippen LogP contribution in [0.1, 0.15) is 10.4 Å². The van der Waals surface area contributed by atoms with E-state index in [0.29, 0.717) is 5.82 Å². The first-order valence-corrected chi connectivity index (χ1v) is 8.90. The maximum absolute atomic E-state index is 12.7. The Morgan fingerprint density at radius 3 is 2.38 bits per heavy atom. The summed E-state index contributed by atoms with van der Waals surface area (Å²) in [5, 5.41) is 14.0. The smallest absolute Gasteiger partial charge is 0.286 e. The van der Waals surface area contributed by atoms with Crippen molar-refractivity contribution in [3.8, 4) is 11.5 Å². The topological polar surface area (TPSA) is 123 Å². The number of methoxy groups -OCH3 is 2. The number of hydrogen-bond donors (Lipinski definition) is 1. The van der Waals surface area contributed by atoms with Crippen LogP contribution < -0.4 is 19.7 Å². The summed E-state index contributed by atoms with van der Waals surface area (Å²) in [6.45, 7) is 3.43. The number of nitrogens with zero attached hydrogens (tertiary/aromatic N) is 5. The van der Waals surface area contributed by atoms with Crippen LogP contribution in [0, 0.1) is 10.1 Å². The summed E-state index contributed by atoms with van der Waals surface area (Å²) in [6, 6.07) is 4.08. The van der Waals surface area contributed by atoms with Gasteiger partial charge in [-0.3, -0.25) is 14.9 Å². The summed E-state index contributed by atoms with van der Waals surface area (Å²) in [6.07, 6.45) is 1.35. The molecule has 154 valence electrons. The molecular weight excluding hydrogens is 380 g/mol. The van der Waals surface area contributed by atoms with Crippen molar-refractivity contribution < 1.29 is 19.2 Å². The maximum Gasteiger partial charge on any atom is 0.286 e. The Hall–Kier alpha value is -3.47. The number of benzene rings is 1. The van der Waals surface area contributed by atoms with Gasteiger partial charge in [0.15, 0.2) is 11.5 Å². The van der Waals surface area contributed by atoms with E-state index in [1.165, 1.54) is 26.6 Å². The van der Waals surface area contributed by atoms with Crippen LogP contribution in [0.4, 0.5) is 17.3 Å². The van der Waals surface area contributed by atoms with E-state index in [1.54, 1.807) is 6.07 Å². The first-order valence-electron chi connectivity index (χ1n) is 8.90. The van der Waals surface area contributed by atoms with Crippen molar-refractivity contribution in [2.75, 3.05) is 57.7 Å². The van der Waals surface area contributed by atoms with Crippen LogP contribution in [0.5, 0.6) is 11.5 Å². The van der Waals surface area contributed by atoms with Gasteiger partial charge in [-0.05, 0) is 7.05 Å². The maximum atomic E-state index is 12.7. The normalized spacial score (nSPS) is 14.4. The molecule has 1 amide bonds. The van der Waals surface area contributed by atoms with E-state index in [-0.39, 0.29) is 22.9 Å². The summed E-state index contributed by atoms with van der Waals surface area (Å²) in [5.74, 6) is 0.633. The number of hydrogen-bond acceptors (Lipinski definition) is 9. The molecule has 0 bridgehead atoms. The fourth-order valence-corrected chi connectivity index (χ4v) is 3.01. The van der Waals surface area contributed by atoms with Crippen molar-refractivity contribution in [3.05, 3.63) is 40.2 Å². The second-order valence-electron chi connectivity index (χ2n) is 6.49. The Kier molecular flexibility index (Phi) is 6.07. The van der Waals surface area contributed by atoms with Gasteiger partial charge in [-0.2, -0.15) is 0 Å². The molecule has 11 nitrogen and oxygen atoms in total. The van der Waals surface area contributed by atoms with E-state index in [1.807, 2.05) is 0 Å². The van der Waals surface area contributed by atoms with Gasteiger partial charge in [-0.15, -0.1) is 0 Å². The molecule has 0 spiro atoms. The van der Waals surface area contributed by atoms with Crippen LogP contribution in [0.3, 0.4) is 0 Å². The number of ether oxygens (including phenoxy) is 2. The SMILES string of the molecule is COc1cc(C(=O)Nc2cc(N3CCN(C)CC3)ncn2)c([N+](=O)[O-])cc1OC. The Balaban J connectivity index is 1.85. The highest BCUT2D eigenvalue weighted by molar-refractivity contribution is 6.07. The minimum atomic E-state index is -0.680. The molecule has 1 fully saturated rings. The number of nitro benzene ring substituents is 1. The van der Waals surface area contributed by atoms with Crippen LogP contribution in [0.15, 0.2) is 24.5 Å². The number of rotatable bonds is 6.